The highest BCUT2D eigenvalue weighted by Gasteiger charge is 2.40. The molecule has 0 aliphatic rings. The van der Waals surface area contributed by atoms with Crippen LogP contribution in [0.4, 0.5) is 0 Å². The summed E-state index contributed by atoms with van der Waals surface area (Å²) in [7, 11) is -4.03. The van der Waals surface area contributed by atoms with Crippen molar-refractivity contribution >= 4 is 37.4 Å². The predicted octanol–water partition coefficient (Wildman–Crippen LogP) is 5.22. The SMILES string of the molecule is CCC[Si](Cl)(CC)O[Si](Cl)(CC)CCC. The molecule has 0 saturated heterocycles. The Morgan fingerprint density at radius 3 is 1.33 bits per heavy atom. The fourth-order valence-corrected chi connectivity index (χ4v) is 12.6. The minimum absolute atomic E-state index is 0.966. The minimum atomic E-state index is -2.02. The molecule has 2 unspecified atom stereocenters. The molecule has 92 valence electrons. The highest BCUT2D eigenvalue weighted by Crippen LogP contribution is 2.33. The van der Waals surface area contributed by atoms with Crippen molar-refractivity contribution in [2.45, 2.75) is 64.7 Å². The van der Waals surface area contributed by atoms with Gasteiger partial charge in [-0.3, -0.25) is 0 Å². The molecule has 0 heterocycles. The standard InChI is InChI=1S/C10H24Cl2OSi2/c1-5-9-14(11,7-3)13-15(12,8-4)10-6-2/h5-10H2,1-4H3. The maximum Gasteiger partial charge on any atom is 0.280 e. The molecule has 0 saturated carbocycles. The Morgan fingerprint density at radius 1 is 0.800 bits per heavy atom. The summed E-state index contributed by atoms with van der Waals surface area (Å²) in [4.78, 5) is 0. The van der Waals surface area contributed by atoms with Crippen LogP contribution in [-0.4, -0.2) is 15.3 Å². The first kappa shape index (κ1) is 16.0. The van der Waals surface area contributed by atoms with Crippen molar-refractivity contribution < 1.29 is 4.12 Å². The molecule has 0 aliphatic heterocycles. The van der Waals surface area contributed by atoms with Gasteiger partial charge in [0.15, 0.2) is 0 Å². The van der Waals surface area contributed by atoms with Crippen molar-refractivity contribution in [1.29, 1.82) is 0 Å². The summed E-state index contributed by atoms with van der Waals surface area (Å²) < 4.78 is 6.21. The number of halogens is 2. The van der Waals surface area contributed by atoms with E-state index in [-0.39, 0.29) is 0 Å². The first-order valence-electron chi connectivity index (χ1n) is 6.03. The van der Waals surface area contributed by atoms with Crippen molar-refractivity contribution in [3.05, 3.63) is 0 Å². The summed E-state index contributed by atoms with van der Waals surface area (Å²) in [5.74, 6) is 0. The van der Waals surface area contributed by atoms with E-state index in [1.807, 2.05) is 0 Å². The van der Waals surface area contributed by atoms with Gasteiger partial charge in [0.25, 0.3) is 15.3 Å². The van der Waals surface area contributed by atoms with Crippen molar-refractivity contribution in [2.75, 3.05) is 0 Å². The molecule has 1 nitrogen and oxygen atoms in total. The van der Waals surface area contributed by atoms with E-state index < -0.39 is 15.3 Å². The van der Waals surface area contributed by atoms with Gasteiger partial charge in [0, 0.05) is 0 Å². The Hall–Kier alpha value is 0.974. The van der Waals surface area contributed by atoms with Crippen LogP contribution in [0.25, 0.3) is 0 Å². The Balaban J connectivity index is 4.47. The lowest BCUT2D eigenvalue weighted by molar-refractivity contribution is 0.548. The average Bonchev–Trinajstić information content (AvgIpc) is 2.18. The molecule has 0 fully saturated rings. The molecule has 0 bridgehead atoms. The molecular formula is C10H24Cl2OSi2. The topological polar surface area (TPSA) is 9.23 Å². The molecule has 15 heavy (non-hydrogen) atoms. The third-order valence-corrected chi connectivity index (χ3v) is 14.3. The van der Waals surface area contributed by atoms with Gasteiger partial charge in [-0.25, -0.2) is 0 Å². The second-order valence-electron chi connectivity index (χ2n) is 4.08. The normalized spacial score (nSPS) is 19.6. The lowest BCUT2D eigenvalue weighted by Crippen LogP contribution is -2.44. The molecule has 0 rings (SSSR count). The second kappa shape index (κ2) is 7.33. The largest absolute Gasteiger partial charge is 0.433 e. The van der Waals surface area contributed by atoms with Crippen LogP contribution in [0, 0.1) is 0 Å². The molecule has 0 aliphatic carbocycles. The van der Waals surface area contributed by atoms with Crippen LogP contribution < -0.4 is 0 Å². The van der Waals surface area contributed by atoms with Crippen LogP contribution in [0.3, 0.4) is 0 Å². The van der Waals surface area contributed by atoms with E-state index in [2.05, 4.69) is 27.7 Å². The Bertz CT molecular complexity index is 165. The van der Waals surface area contributed by atoms with Crippen LogP contribution in [0.2, 0.25) is 24.2 Å². The lowest BCUT2D eigenvalue weighted by atomic mass is 10.6. The van der Waals surface area contributed by atoms with Crippen molar-refractivity contribution in [2.24, 2.45) is 0 Å². The van der Waals surface area contributed by atoms with Crippen LogP contribution in [0.1, 0.15) is 40.5 Å². The van der Waals surface area contributed by atoms with E-state index in [9.17, 15) is 0 Å². The highest BCUT2D eigenvalue weighted by atomic mass is 35.6. The summed E-state index contributed by atoms with van der Waals surface area (Å²) in [6.45, 7) is 8.57. The third-order valence-electron chi connectivity index (χ3n) is 2.67. The van der Waals surface area contributed by atoms with Crippen LogP contribution >= 0.6 is 22.2 Å². The zero-order chi connectivity index (χ0) is 11.9. The molecule has 0 aromatic heterocycles. The molecule has 0 aromatic rings. The first-order valence-corrected chi connectivity index (χ1v) is 12.7. The monoisotopic (exact) mass is 286 g/mol. The predicted molar refractivity (Wildman–Crippen MR) is 75.5 cm³/mol. The second-order valence-corrected chi connectivity index (χ2v) is 15.0. The summed E-state index contributed by atoms with van der Waals surface area (Å²) in [6.07, 6.45) is 2.20. The van der Waals surface area contributed by atoms with Crippen molar-refractivity contribution in [3.8, 4) is 0 Å². The van der Waals surface area contributed by atoms with E-state index in [0.29, 0.717) is 0 Å². The van der Waals surface area contributed by atoms with Crippen LogP contribution in [-0.2, 0) is 4.12 Å². The zero-order valence-corrected chi connectivity index (χ0v) is 13.9. The summed E-state index contributed by atoms with van der Waals surface area (Å²) in [5, 5.41) is 0. The van der Waals surface area contributed by atoms with E-state index in [1.165, 1.54) is 0 Å². The van der Waals surface area contributed by atoms with Gasteiger partial charge in [0.1, 0.15) is 0 Å². The summed E-state index contributed by atoms with van der Waals surface area (Å²) in [5.41, 5.74) is 0. The van der Waals surface area contributed by atoms with Crippen molar-refractivity contribution in [1.82, 2.24) is 0 Å². The molecule has 0 amide bonds. The number of hydrogen-bond donors (Lipinski definition) is 0. The van der Waals surface area contributed by atoms with E-state index in [0.717, 1.165) is 37.0 Å². The Morgan fingerprint density at radius 2 is 1.13 bits per heavy atom. The molecular weight excluding hydrogens is 263 g/mol. The number of rotatable bonds is 8. The minimum Gasteiger partial charge on any atom is -0.433 e. The van der Waals surface area contributed by atoms with Crippen LogP contribution in [0.5, 0.6) is 0 Å². The van der Waals surface area contributed by atoms with Gasteiger partial charge in [-0.05, 0) is 24.2 Å². The maximum atomic E-state index is 6.59. The molecule has 0 N–H and O–H groups in total. The van der Waals surface area contributed by atoms with Crippen LogP contribution in [0.15, 0.2) is 0 Å². The van der Waals surface area contributed by atoms with Gasteiger partial charge in [-0.15, -0.1) is 22.2 Å². The van der Waals surface area contributed by atoms with Gasteiger partial charge in [0.2, 0.25) is 0 Å². The average molecular weight is 287 g/mol. The Labute approximate surface area is 106 Å². The Kier molecular flexibility index (Phi) is 7.80. The smallest absolute Gasteiger partial charge is 0.280 e. The third kappa shape index (κ3) is 5.73. The number of hydrogen-bond acceptors (Lipinski definition) is 1. The quantitative estimate of drug-likeness (QED) is 0.439. The zero-order valence-electron chi connectivity index (χ0n) is 10.4. The fraction of sp³-hybridized carbons (Fsp3) is 1.00. The highest BCUT2D eigenvalue weighted by molar-refractivity contribution is 7.26. The van der Waals surface area contributed by atoms with Gasteiger partial charge < -0.3 is 4.12 Å². The van der Waals surface area contributed by atoms with Gasteiger partial charge in [-0.2, -0.15) is 0 Å². The molecule has 5 heteroatoms. The first-order chi connectivity index (χ1) is 6.95. The van der Waals surface area contributed by atoms with E-state index in [4.69, 9.17) is 26.3 Å². The van der Waals surface area contributed by atoms with E-state index in [1.54, 1.807) is 0 Å². The van der Waals surface area contributed by atoms with Gasteiger partial charge in [-0.1, -0.05) is 40.5 Å². The van der Waals surface area contributed by atoms with Gasteiger partial charge in [0.05, 0.1) is 0 Å². The maximum absolute atomic E-state index is 6.59. The lowest BCUT2D eigenvalue weighted by Gasteiger charge is -2.33. The van der Waals surface area contributed by atoms with Crippen molar-refractivity contribution in [3.63, 3.8) is 0 Å². The molecule has 0 spiro atoms. The molecule has 0 aromatic carbocycles. The molecule has 2 atom stereocenters. The summed E-state index contributed by atoms with van der Waals surface area (Å²) >= 11 is 13.2. The van der Waals surface area contributed by atoms with E-state index >= 15 is 0 Å². The fourth-order valence-electron chi connectivity index (χ4n) is 1.67. The summed E-state index contributed by atoms with van der Waals surface area (Å²) in [6, 6.07) is 3.98. The van der Waals surface area contributed by atoms with Gasteiger partial charge >= 0.3 is 0 Å². The molecule has 0 radical (unpaired) electrons.